The van der Waals surface area contributed by atoms with Crippen LogP contribution in [0.5, 0.6) is 0 Å². The van der Waals surface area contributed by atoms with Crippen molar-refractivity contribution in [2.24, 2.45) is 4.99 Å². The number of nitrogens with zero attached hydrogens (tertiary/aromatic N) is 2. The molecule has 0 radical (unpaired) electrons. The fourth-order valence-corrected chi connectivity index (χ4v) is 3.39. The van der Waals surface area contributed by atoms with Gasteiger partial charge in [-0.05, 0) is 29.7 Å². The van der Waals surface area contributed by atoms with Crippen LogP contribution in [0.1, 0.15) is 39.5 Å². The van der Waals surface area contributed by atoms with E-state index in [1.807, 2.05) is 6.92 Å². The van der Waals surface area contributed by atoms with Crippen LogP contribution in [0.15, 0.2) is 16.8 Å². The summed E-state index contributed by atoms with van der Waals surface area (Å²) in [4.78, 5) is 14.5. The lowest BCUT2D eigenvalue weighted by molar-refractivity contribution is -0.414. The third-order valence-electron chi connectivity index (χ3n) is 1.99. The van der Waals surface area contributed by atoms with E-state index in [-0.39, 0.29) is 10.6 Å². The van der Waals surface area contributed by atoms with Crippen molar-refractivity contribution in [3.63, 3.8) is 0 Å². The topological polar surface area (TPSA) is 55.5 Å². The van der Waals surface area contributed by atoms with Crippen LogP contribution in [0, 0.1) is 10.1 Å². The molecule has 0 saturated carbocycles. The lowest BCUT2D eigenvalue weighted by atomic mass is 10.3. The number of rotatable bonds is 8. The molecule has 0 bridgehead atoms. The van der Waals surface area contributed by atoms with Gasteiger partial charge in [-0.2, -0.15) is 0 Å². The average molecular weight is 276 g/mol. The number of nitro groups is 1. The van der Waals surface area contributed by atoms with Gasteiger partial charge in [-0.15, -0.1) is 0 Å². The van der Waals surface area contributed by atoms with Crippen molar-refractivity contribution in [2.75, 3.05) is 12.8 Å². The molecule has 0 heterocycles. The van der Waals surface area contributed by atoms with E-state index in [9.17, 15) is 10.1 Å². The molecule has 0 fully saturated rings. The van der Waals surface area contributed by atoms with E-state index in [4.69, 9.17) is 0 Å². The maximum Gasteiger partial charge on any atom is 0.297 e. The summed E-state index contributed by atoms with van der Waals surface area (Å²) in [6.45, 7) is 4.04. The summed E-state index contributed by atoms with van der Waals surface area (Å²) in [6.07, 6.45) is 5.81. The van der Waals surface area contributed by atoms with Gasteiger partial charge in [0.05, 0.1) is 4.92 Å². The van der Waals surface area contributed by atoms with Gasteiger partial charge in [0, 0.05) is 12.8 Å². The van der Waals surface area contributed by atoms with Crippen molar-refractivity contribution in [1.29, 1.82) is 0 Å². The number of hydrogen-bond acceptors (Lipinski definition) is 5. The Bertz CT molecular complexity index is 291. The maximum atomic E-state index is 10.9. The Hall–Kier alpha value is -0.490. The Labute approximate surface area is 111 Å². The predicted molar refractivity (Wildman–Crippen MR) is 78.3 cm³/mol. The third-order valence-corrected chi connectivity index (χ3v) is 4.44. The molecule has 0 atom stereocenters. The minimum absolute atomic E-state index is 0.128. The summed E-state index contributed by atoms with van der Waals surface area (Å²) in [6, 6.07) is 0. The van der Waals surface area contributed by atoms with E-state index in [1.165, 1.54) is 23.6 Å². The van der Waals surface area contributed by atoms with Gasteiger partial charge in [-0.3, -0.25) is 15.1 Å². The van der Waals surface area contributed by atoms with Gasteiger partial charge in [0.15, 0.2) is 5.04 Å². The first-order valence-electron chi connectivity index (χ1n) is 5.78. The first-order valence-corrected chi connectivity index (χ1v) is 8.10. The fraction of sp³-hybridized carbons (Fsp3) is 0.727. The second-order valence-corrected chi connectivity index (χ2v) is 5.80. The average Bonchev–Trinajstić information content (AvgIpc) is 2.31. The second-order valence-electron chi connectivity index (χ2n) is 3.40. The van der Waals surface area contributed by atoms with Crippen LogP contribution in [0.4, 0.5) is 0 Å². The van der Waals surface area contributed by atoms with Gasteiger partial charge >= 0.3 is 0 Å². The third kappa shape index (κ3) is 7.44. The molecule has 0 aliphatic heterocycles. The predicted octanol–water partition coefficient (Wildman–Crippen LogP) is 4.16. The van der Waals surface area contributed by atoms with Crippen molar-refractivity contribution >= 4 is 26.6 Å². The fourth-order valence-electron chi connectivity index (χ4n) is 1.14. The SMILES string of the molecule is CC/C=C(\C(=NC)SSCCCCC)[N+](=O)[O-]. The Balaban J connectivity index is 4.23. The molecule has 0 unspecified atom stereocenters. The molecule has 0 N–H and O–H groups in total. The zero-order chi connectivity index (χ0) is 13.1. The summed E-state index contributed by atoms with van der Waals surface area (Å²) in [5.74, 6) is 1.01. The molecule has 0 aromatic rings. The summed E-state index contributed by atoms with van der Waals surface area (Å²) in [5.41, 5.74) is 0.128. The molecular formula is C11H20N2O2S2. The Kier molecular flexibility index (Phi) is 10.3. The highest BCUT2D eigenvalue weighted by Crippen LogP contribution is 2.28. The molecular weight excluding hydrogens is 256 g/mol. The van der Waals surface area contributed by atoms with Crippen LogP contribution in [0.2, 0.25) is 0 Å². The van der Waals surface area contributed by atoms with Crippen molar-refractivity contribution < 1.29 is 4.92 Å². The number of hydrogen-bond donors (Lipinski definition) is 0. The van der Waals surface area contributed by atoms with Crippen LogP contribution < -0.4 is 0 Å². The van der Waals surface area contributed by atoms with Gasteiger partial charge in [-0.25, -0.2) is 0 Å². The molecule has 17 heavy (non-hydrogen) atoms. The molecule has 0 rings (SSSR count). The quantitative estimate of drug-likeness (QED) is 0.167. The van der Waals surface area contributed by atoms with Crippen LogP contribution in [0.3, 0.4) is 0 Å². The number of unbranched alkanes of at least 4 members (excludes halogenated alkanes) is 2. The molecule has 0 amide bonds. The summed E-state index contributed by atoms with van der Waals surface area (Å²) >= 11 is 0. The zero-order valence-electron chi connectivity index (χ0n) is 10.6. The van der Waals surface area contributed by atoms with Crippen molar-refractivity contribution in [3.05, 3.63) is 21.9 Å². The second kappa shape index (κ2) is 10.7. The number of allylic oxidation sites excluding steroid dienone is 1. The first-order chi connectivity index (χ1) is 8.17. The van der Waals surface area contributed by atoms with Crippen molar-refractivity contribution in [2.45, 2.75) is 39.5 Å². The molecule has 0 saturated heterocycles. The van der Waals surface area contributed by atoms with E-state index in [0.29, 0.717) is 11.5 Å². The molecule has 6 heteroatoms. The number of aliphatic imine (C=N–C) groups is 1. The van der Waals surface area contributed by atoms with Crippen LogP contribution >= 0.6 is 21.6 Å². The minimum Gasteiger partial charge on any atom is -0.275 e. The first kappa shape index (κ1) is 16.5. The highest BCUT2D eigenvalue weighted by Gasteiger charge is 2.18. The minimum atomic E-state index is -0.356. The largest absolute Gasteiger partial charge is 0.297 e. The summed E-state index contributed by atoms with van der Waals surface area (Å²) in [7, 11) is 4.64. The van der Waals surface area contributed by atoms with Crippen LogP contribution in [0.25, 0.3) is 0 Å². The van der Waals surface area contributed by atoms with E-state index in [0.717, 1.165) is 12.2 Å². The zero-order valence-corrected chi connectivity index (χ0v) is 12.3. The molecule has 98 valence electrons. The summed E-state index contributed by atoms with van der Waals surface area (Å²) < 4.78 is 0. The lowest BCUT2D eigenvalue weighted by Gasteiger charge is -2.02. The van der Waals surface area contributed by atoms with E-state index < -0.39 is 0 Å². The van der Waals surface area contributed by atoms with Crippen LogP contribution in [-0.2, 0) is 0 Å². The van der Waals surface area contributed by atoms with Gasteiger partial charge < -0.3 is 0 Å². The molecule has 0 spiro atoms. The van der Waals surface area contributed by atoms with Crippen molar-refractivity contribution in [3.8, 4) is 0 Å². The Morgan fingerprint density at radius 3 is 2.59 bits per heavy atom. The Morgan fingerprint density at radius 2 is 2.12 bits per heavy atom. The van der Waals surface area contributed by atoms with Gasteiger partial charge in [0.2, 0.25) is 0 Å². The molecule has 4 nitrogen and oxygen atoms in total. The highest BCUT2D eigenvalue weighted by molar-refractivity contribution is 8.82. The monoisotopic (exact) mass is 276 g/mol. The van der Waals surface area contributed by atoms with E-state index >= 15 is 0 Å². The van der Waals surface area contributed by atoms with E-state index in [1.54, 1.807) is 23.9 Å². The summed E-state index contributed by atoms with van der Waals surface area (Å²) in [5, 5.41) is 11.4. The molecule has 0 aromatic heterocycles. The Morgan fingerprint density at radius 1 is 1.41 bits per heavy atom. The van der Waals surface area contributed by atoms with E-state index in [2.05, 4.69) is 11.9 Å². The standard InChI is InChI=1S/C11H20N2O2S2/c1-4-6-7-9-16-17-11(12-3)10(8-5-2)13(14)15/h8H,4-7,9H2,1-3H3/b10-8+,12-11?. The highest BCUT2D eigenvalue weighted by atomic mass is 33.1. The normalized spacial score (nSPS) is 12.9. The van der Waals surface area contributed by atoms with Gasteiger partial charge in [0.1, 0.15) is 0 Å². The van der Waals surface area contributed by atoms with Crippen LogP contribution in [-0.4, -0.2) is 22.8 Å². The van der Waals surface area contributed by atoms with Gasteiger partial charge in [0.25, 0.3) is 5.70 Å². The molecule has 0 aliphatic rings. The molecule has 0 aromatic carbocycles. The van der Waals surface area contributed by atoms with Crippen molar-refractivity contribution in [1.82, 2.24) is 0 Å². The maximum absolute atomic E-state index is 10.9. The lowest BCUT2D eigenvalue weighted by Crippen LogP contribution is -2.07. The smallest absolute Gasteiger partial charge is 0.275 e. The van der Waals surface area contributed by atoms with Gasteiger partial charge in [-0.1, -0.05) is 37.5 Å². The molecule has 0 aliphatic carbocycles.